The highest BCUT2D eigenvalue weighted by Gasteiger charge is 2.34. The van der Waals surface area contributed by atoms with E-state index >= 15 is 0 Å². The number of aromatic amines is 1. The maximum atomic E-state index is 13.3. The van der Waals surface area contributed by atoms with Crippen LogP contribution in [0.5, 0.6) is 11.6 Å². The van der Waals surface area contributed by atoms with Crippen molar-refractivity contribution in [3.05, 3.63) is 59.4 Å². The number of aryl methyl sites for hydroxylation is 1. The maximum absolute atomic E-state index is 13.3. The van der Waals surface area contributed by atoms with Crippen LogP contribution >= 0.6 is 0 Å². The van der Waals surface area contributed by atoms with Gasteiger partial charge in [0.25, 0.3) is 5.91 Å². The maximum Gasteiger partial charge on any atom is 0.263 e. The summed E-state index contributed by atoms with van der Waals surface area (Å²) in [6.07, 6.45) is 8.26. The fraction of sp³-hybridized carbons (Fsp3) is 0.367. The molecule has 200 valence electrons. The molecule has 0 saturated carbocycles. The molecule has 3 aliphatic rings. The second kappa shape index (κ2) is 9.89. The molecule has 1 amide bonds. The van der Waals surface area contributed by atoms with Crippen molar-refractivity contribution in [2.24, 2.45) is 7.05 Å². The summed E-state index contributed by atoms with van der Waals surface area (Å²) >= 11 is 0. The Morgan fingerprint density at radius 3 is 2.82 bits per heavy atom. The number of H-pyrrole nitrogens is 1. The van der Waals surface area contributed by atoms with E-state index in [1.54, 1.807) is 4.68 Å². The van der Waals surface area contributed by atoms with Gasteiger partial charge in [-0.3, -0.25) is 9.89 Å². The first kappa shape index (κ1) is 24.0. The average Bonchev–Trinajstić information content (AvgIpc) is 3.65. The molecule has 0 aliphatic carbocycles. The number of benzene rings is 2. The summed E-state index contributed by atoms with van der Waals surface area (Å²) in [6.45, 7) is 3.57. The lowest BCUT2D eigenvalue weighted by atomic mass is 9.89. The second-order valence-corrected chi connectivity index (χ2v) is 10.6. The van der Waals surface area contributed by atoms with Crippen LogP contribution in [0.25, 0.3) is 34.2 Å². The monoisotopic (exact) mass is 524 g/mol. The van der Waals surface area contributed by atoms with Crippen LogP contribution in [0.4, 0.5) is 0 Å². The highest BCUT2D eigenvalue weighted by Crippen LogP contribution is 2.35. The zero-order chi connectivity index (χ0) is 26.3. The molecule has 2 saturated heterocycles. The van der Waals surface area contributed by atoms with Gasteiger partial charge in [-0.05, 0) is 73.3 Å². The van der Waals surface area contributed by atoms with E-state index in [9.17, 15) is 4.79 Å². The lowest BCUT2D eigenvalue weighted by molar-refractivity contribution is -0.133. The number of carbonyl (C=O) groups is 1. The fourth-order valence-corrected chi connectivity index (χ4v) is 5.94. The minimum atomic E-state index is -0.503. The summed E-state index contributed by atoms with van der Waals surface area (Å²) in [4.78, 5) is 15.2. The molecule has 1 unspecified atom stereocenters. The molecule has 0 spiro atoms. The van der Waals surface area contributed by atoms with Gasteiger partial charge in [0.05, 0.1) is 29.5 Å². The highest BCUT2D eigenvalue weighted by molar-refractivity contribution is 5.93. The number of hydrogen-bond donors (Lipinski definition) is 2. The molecule has 7 rings (SSSR count). The summed E-state index contributed by atoms with van der Waals surface area (Å²) in [7, 11) is 1.87. The zero-order valence-corrected chi connectivity index (χ0v) is 22.0. The van der Waals surface area contributed by atoms with Gasteiger partial charge in [0.2, 0.25) is 5.88 Å². The Bertz CT molecular complexity index is 1560. The van der Waals surface area contributed by atoms with E-state index in [4.69, 9.17) is 9.47 Å². The van der Waals surface area contributed by atoms with Crippen LogP contribution in [0, 0.1) is 0 Å². The minimum absolute atomic E-state index is 0.0114. The van der Waals surface area contributed by atoms with E-state index in [0.717, 1.165) is 65.0 Å². The van der Waals surface area contributed by atoms with E-state index in [1.807, 2.05) is 36.4 Å². The van der Waals surface area contributed by atoms with Gasteiger partial charge in [-0.15, -0.1) is 0 Å². The van der Waals surface area contributed by atoms with E-state index in [1.165, 1.54) is 5.56 Å². The topological polar surface area (TPSA) is 97.3 Å². The number of carbonyl (C=O) groups excluding carboxylic acids is 1. The molecule has 39 heavy (non-hydrogen) atoms. The van der Waals surface area contributed by atoms with Crippen LogP contribution in [0.3, 0.4) is 0 Å². The molecule has 0 radical (unpaired) electrons. The van der Waals surface area contributed by atoms with Crippen molar-refractivity contribution in [1.29, 1.82) is 0 Å². The predicted molar refractivity (Wildman–Crippen MR) is 150 cm³/mol. The number of amides is 1. The predicted octanol–water partition coefficient (Wildman–Crippen LogP) is 3.97. The number of nitrogens with one attached hydrogen (secondary N) is 2. The third kappa shape index (κ3) is 4.46. The second-order valence-electron chi connectivity index (χ2n) is 10.6. The molecule has 5 heterocycles. The Morgan fingerprint density at radius 2 is 1.92 bits per heavy atom. The Morgan fingerprint density at radius 1 is 1.03 bits per heavy atom. The number of nitrogens with zero attached hydrogens (tertiary/aromatic N) is 4. The van der Waals surface area contributed by atoms with Gasteiger partial charge in [0.15, 0.2) is 6.10 Å². The van der Waals surface area contributed by atoms with Gasteiger partial charge >= 0.3 is 0 Å². The lowest BCUT2D eigenvalue weighted by Crippen LogP contribution is -2.35. The zero-order valence-electron chi connectivity index (χ0n) is 22.0. The Labute approximate surface area is 226 Å². The van der Waals surface area contributed by atoms with Gasteiger partial charge in [0.1, 0.15) is 12.4 Å². The molecule has 9 nitrogen and oxygen atoms in total. The summed E-state index contributed by atoms with van der Waals surface area (Å²) in [5.74, 6) is 1.94. The SMILES string of the molecule is Cn1ncc2c1OCCN1CCC(Oc3cc(C4CCNCC4)ccc3/C=C/c3[nH]nc4ccc-2cc34)C1=O. The third-order valence-electron chi connectivity index (χ3n) is 8.17. The fourth-order valence-electron chi connectivity index (χ4n) is 5.94. The van der Waals surface area contributed by atoms with Gasteiger partial charge in [-0.2, -0.15) is 10.2 Å². The van der Waals surface area contributed by atoms with Crippen LogP contribution in [-0.2, 0) is 11.8 Å². The van der Waals surface area contributed by atoms with Crippen molar-refractivity contribution < 1.29 is 14.3 Å². The lowest BCUT2D eigenvalue weighted by Gasteiger charge is -2.24. The Balaban J connectivity index is 1.32. The normalized spacial score (nSPS) is 20.8. The average molecular weight is 525 g/mol. The molecule has 3 aliphatic heterocycles. The molecule has 2 aromatic carbocycles. The van der Waals surface area contributed by atoms with Gasteiger partial charge in [-0.25, -0.2) is 4.68 Å². The standard InChI is InChI=1S/C30H32N6O3/c1-35-30-24(18-32-35)22-5-7-26-23(16-22)25(33-34-26)6-4-20-2-3-21(19-8-11-31-12-9-19)17-28(20)39-27-10-13-36(29(27)37)14-15-38-30/h2-7,16-19,27,31H,8-15H2,1H3,(H,33,34)/b6-4+. The van der Waals surface area contributed by atoms with E-state index in [-0.39, 0.29) is 5.91 Å². The molecule has 9 heteroatoms. The van der Waals surface area contributed by atoms with Crippen LogP contribution < -0.4 is 14.8 Å². The van der Waals surface area contributed by atoms with Crippen LogP contribution in [-0.4, -0.2) is 69.7 Å². The molecule has 4 aromatic rings. The van der Waals surface area contributed by atoms with Crippen LogP contribution in [0.1, 0.15) is 42.0 Å². The largest absolute Gasteiger partial charge is 0.480 e. The highest BCUT2D eigenvalue weighted by atomic mass is 16.5. The van der Waals surface area contributed by atoms with Crippen molar-refractivity contribution in [2.75, 3.05) is 32.8 Å². The first-order valence-electron chi connectivity index (χ1n) is 13.8. The quantitative estimate of drug-likeness (QED) is 0.391. The van der Waals surface area contributed by atoms with Crippen molar-refractivity contribution in [3.8, 4) is 22.8 Å². The Kier molecular flexibility index (Phi) is 6.08. The van der Waals surface area contributed by atoms with E-state index < -0.39 is 6.10 Å². The number of piperidine rings is 1. The van der Waals surface area contributed by atoms with Crippen LogP contribution in [0.15, 0.2) is 42.6 Å². The number of fused-ring (bicyclic) bond motifs is 6. The molecule has 2 fully saturated rings. The summed E-state index contributed by atoms with van der Waals surface area (Å²) in [5.41, 5.74) is 5.91. The number of aromatic nitrogens is 4. The number of ether oxygens (including phenoxy) is 2. The molecule has 4 bridgehead atoms. The first-order chi connectivity index (χ1) is 19.1. The van der Waals surface area contributed by atoms with Gasteiger partial charge in [0, 0.05) is 31.0 Å². The van der Waals surface area contributed by atoms with Gasteiger partial charge in [-0.1, -0.05) is 18.2 Å². The van der Waals surface area contributed by atoms with Gasteiger partial charge < -0.3 is 19.7 Å². The van der Waals surface area contributed by atoms with Crippen LogP contribution in [0.2, 0.25) is 0 Å². The Hall–Kier alpha value is -4.11. The smallest absolute Gasteiger partial charge is 0.263 e. The third-order valence-corrected chi connectivity index (χ3v) is 8.17. The number of hydrogen-bond acceptors (Lipinski definition) is 6. The summed E-state index contributed by atoms with van der Waals surface area (Å²) < 4.78 is 14.4. The molecule has 1 atom stereocenters. The number of rotatable bonds is 1. The summed E-state index contributed by atoms with van der Waals surface area (Å²) in [6, 6.07) is 12.6. The molecule has 2 aromatic heterocycles. The van der Waals surface area contributed by atoms with Crippen molar-refractivity contribution in [2.45, 2.75) is 31.3 Å². The minimum Gasteiger partial charge on any atom is -0.480 e. The van der Waals surface area contributed by atoms with Crippen molar-refractivity contribution in [1.82, 2.24) is 30.2 Å². The van der Waals surface area contributed by atoms with Crippen molar-refractivity contribution in [3.63, 3.8) is 0 Å². The molecular formula is C30H32N6O3. The van der Waals surface area contributed by atoms with Crippen molar-refractivity contribution >= 4 is 29.0 Å². The molecule has 2 N–H and O–H groups in total. The van der Waals surface area contributed by atoms with E-state index in [0.29, 0.717) is 37.9 Å². The van der Waals surface area contributed by atoms with E-state index in [2.05, 4.69) is 51.0 Å². The summed E-state index contributed by atoms with van der Waals surface area (Å²) in [5, 5.41) is 16.6. The first-order valence-corrected chi connectivity index (χ1v) is 13.8. The molecular weight excluding hydrogens is 492 g/mol.